The molecule has 0 fully saturated rings. The number of amides is 1. The fraction of sp³-hybridized carbons (Fsp3) is 0.0952. The van der Waals surface area contributed by atoms with E-state index in [0.29, 0.717) is 10.6 Å². The molecule has 5 nitrogen and oxygen atoms in total. The fourth-order valence-corrected chi connectivity index (χ4v) is 2.86. The molecular weight excluding hydrogens is 399 g/mol. The zero-order valence-electron chi connectivity index (χ0n) is 14.9. The van der Waals surface area contributed by atoms with E-state index < -0.39 is 18.5 Å². The normalized spacial score (nSPS) is 10.4. The van der Waals surface area contributed by atoms with E-state index in [1.165, 1.54) is 17.8 Å². The van der Waals surface area contributed by atoms with Crippen molar-refractivity contribution in [2.24, 2.45) is 0 Å². The van der Waals surface area contributed by atoms with Crippen molar-refractivity contribution in [2.45, 2.75) is 6.92 Å². The first-order chi connectivity index (χ1) is 13.4. The highest BCUT2D eigenvalue weighted by Crippen LogP contribution is 2.23. The van der Waals surface area contributed by atoms with Gasteiger partial charge >= 0.3 is 5.97 Å². The minimum absolute atomic E-state index is 0.148. The summed E-state index contributed by atoms with van der Waals surface area (Å²) in [6.07, 6.45) is 1.35. The van der Waals surface area contributed by atoms with Crippen molar-refractivity contribution >= 4 is 40.9 Å². The number of nitrogens with one attached hydrogen (secondary N) is 1. The Bertz CT molecular complexity index is 1000. The molecule has 3 aromatic rings. The number of anilines is 1. The standard InChI is InChI=1S/C21H16Cl2N2O3/c1-13-2-4-14(5-3-13)15-6-8-16(9-7-15)21(27)28-12-19(26)25-20-18(23)10-17(22)11-24-20/h2-11H,12H2,1H3,(H,24,25,26). The molecule has 0 radical (unpaired) electrons. The summed E-state index contributed by atoms with van der Waals surface area (Å²) in [5.41, 5.74) is 3.57. The van der Waals surface area contributed by atoms with Crippen molar-refractivity contribution < 1.29 is 14.3 Å². The van der Waals surface area contributed by atoms with E-state index in [1.54, 1.807) is 12.1 Å². The number of pyridine rings is 1. The van der Waals surface area contributed by atoms with Crippen LogP contribution in [0.15, 0.2) is 60.8 Å². The molecule has 3 rings (SSSR count). The van der Waals surface area contributed by atoms with Gasteiger partial charge in [-0.2, -0.15) is 0 Å². The van der Waals surface area contributed by atoms with Crippen LogP contribution in [0.5, 0.6) is 0 Å². The first-order valence-electron chi connectivity index (χ1n) is 8.37. The molecule has 1 amide bonds. The molecule has 1 heterocycles. The molecule has 0 saturated heterocycles. The van der Waals surface area contributed by atoms with Crippen LogP contribution in [0.4, 0.5) is 5.82 Å². The third-order valence-corrected chi connectivity index (χ3v) is 4.40. The molecule has 142 valence electrons. The molecular formula is C21H16Cl2N2O3. The van der Waals surface area contributed by atoms with Crippen molar-refractivity contribution in [2.75, 3.05) is 11.9 Å². The summed E-state index contributed by atoms with van der Waals surface area (Å²) < 4.78 is 5.04. The molecule has 0 aliphatic heterocycles. The molecule has 1 aromatic heterocycles. The largest absolute Gasteiger partial charge is 0.452 e. The Morgan fingerprint density at radius 3 is 2.21 bits per heavy atom. The van der Waals surface area contributed by atoms with Crippen LogP contribution in [0.3, 0.4) is 0 Å². The summed E-state index contributed by atoms with van der Waals surface area (Å²) in [4.78, 5) is 28.0. The van der Waals surface area contributed by atoms with Gasteiger partial charge in [-0.3, -0.25) is 4.79 Å². The van der Waals surface area contributed by atoms with Crippen molar-refractivity contribution in [1.82, 2.24) is 4.98 Å². The maximum Gasteiger partial charge on any atom is 0.338 e. The number of aryl methyl sites for hydroxylation is 1. The Hall–Kier alpha value is -2.89. The number of aromatic nitrogens is 1. The smallest absolute Gasteiger partial charge is 0.338 e. The van der Waals surface area contributed by atoms with Crippen LogP contribution in [-0.2, 0) is 9.53 Å². The van der Waals surface area contributed by atoms with Gasteiger partial charge in [0.05, 0.1) is 15.6 Å². The van der Waals surface area contributed by atoms with Gasteiger partial charge in [0, 0.05) is 6.20 Å². The highest BCUT2D eigenvalue weighted by molar-refractivity contribution is 6.36. The topological polar surface area (TPSA) is 68.3 Å². The maximum atomic E-state index is 12.1. The van der Waals surface area contributed by atoms with Crippen molar-refractivity contribution in [1.29, 1.82) is 0 Å². The van der Waals surface area contributed by atoms with Crippen LogP contribution in [0.2, 0.25) is 10.0 Å². The Kier molecular flexibility index (Phi) is 6.29. The lowest BCUT2D eigenvalue weighted by molar-refractivity contribution is -0.119. The molecule has 0 saturated carbocycles. The SMILES string of the molecule is Cc1ccc(-c2ccc(C(=O)OCC(=O)Nc3ncc(Cl)cc3Cl)cc2)cc1. The second-order valence-corrected chi connectivity index (χ2v) is 6.90. The van der Waals surface area contributed by atoms with E-state index in [0.717, 1.165) is 11.1 Å². The average Bonchev–Trinajstić information content (AvgIpc) is 2.69. The zero-order chi connectivity index (χ0) is 20.1. The first kappa shape index (κ1) is 19.9. The van der Waals surface area contributed by atoms with E-state index in [1.807, 2.05) is 43.3 Å². The van der Waals surface area contributed by atoms with E-state index in [4.69, 9.17) is 27.9 Å². The highest BCUT2D eigenvalue weighted by atomic mass is 35.5. The Labute approximate surface area is 172 Å². The second-order valence-electron chi connectivity index (χ2n) is 6.05. The molecule has 1 N–H and O–H groups in total. The predicted octanol–water partition coefficient (Wildman–Crippen LogP) is 5.16. The minimum Gasteiger partial charge on any atom is -0.452 e. The summed E-state index contributed by atoms with van der Waals surface area (Å²) in [6.45, 7) is 1.56. The summed E-state index contributed by atoms with van der Waals surface area (Å²) in [5, 5.41) is 3.01. The molecule has 2 aromatic carbocycles. The average molecular weight is 415 g/mol. The number of hydrogen-bond donors (Lipinski definition) is 1. The van der Waals surface area contributed by atoms with Gasteiger partial charge in [-0.25, -0.2) is 9.78 Å². The van der Waals surface area contributed by atoms with Crippen molar-refractivity contribution in [3.63, 3.8) is 0 Å². The summed E-state index contributed by atoms with van der Waals surface area (Å²) >= 11 is 11.7. The van der Waals surface area contributed by atoms with Gasteiger partial charge in [-0.05, 0) is 36.2 Å². The number of rotatable bonds is 5. The summed E-state index contributed by atoms with van der Waals surface area (Å²) in [7, 11) is 0. The molecule has 0 bridgehead atoms. The van der Waals surface area contributed by atoms with Gasteiger partial charge in [0.25, 0.3) is 5.91 Å². The second kappa shape index (κ2) is 8.87. The van der Waals surface area contributed by atoms with Gasteiger partial charge in [-0.1, -0.05) is 65.2 Å². The van der Waals surface area contributed by atoms with E-state index in [2.05, 4.69) is 10.3 Å². The summed E-state index contributed by atoms with van der Waals surface area (Å²) in [5.74, 6) is -1.00. The van der Waals surface area contributed by atoms with Gasteiger partial charge < -0.3 is 10.1 Å². The van der Waals surface area contributed by atoms with Crippen molar-refractivity contribution in [3.05, 3.63) is 82.0 Å². The minimum atomic E-state index is -0.597. The highest BCUT2D eigenvalue weighted by Gasteiger charge is 2.12. The van der Waals surface area contributed by atoms with Crippen LogP contribution in [0, 0.1) is 6.92 Å². The van der Waals surface area contributed by atoms with E-state index in [9.17, 15) is 9.59 Å². The quantitative estimate of drug-likeness (QED) is 0.585. The molecule has 0 spiro atoms. The van der Waals surface area contributed by atoms with Crippen molar-refractivity contribution in [3.8, 4) is 11.1 Å². The lowest BCUT2D eigenvalue weighted by atomic mass is 10.0. The van der Waals surface area contributed by atoms with Gasteiger partial charge in [0.1, 0.15) is 0 Å². The number of carbonyl (C=O) groups is 2. The molecule has 7 heteroatoms. The maximum absolute atomic E-state index is 12.1. The number of esters is 1. The number of nitrogens with zero attached hydrogens (tertiary/aromatic N) is 1. The number of benzene rings is 2. The number of carbonyl (C=O) groups excluding carboxylic acids is 2. The van der Waals surface area contributed by atoms with Crippen LogP contribution in [0.1, 0.15) is 15.9 Å². The lowest BCUT2D eigenvalue weighted by Gasteiger charge is -2.08. The van der Waals surface area contributed by atoms with Crippen LogP contribution in [-0.4, -0.2) is 23.5 Å². The molecule has 0 aliphatic rings. The fourth-order valence-electron chi connectivity index (χ4n) is 2.43. The Morgan fingerprint density at radius 2 is 1.61 bits per heavy atom. The van der Waals surface area contributed by atoms with Crippen LogP contribution < -0.4 is 5.32 Å². The molecule has 0 aliphatic carbocycles. The van der Waals surface area contributed by atoms with Crippen LogP contribution in [0.25, 0.3) is 11.1 Å². The van der Waals surface area contributed by atoms with Gasteiger partial charge in [0.2, 0.25) is 0 Å². The first-order valence-corrected chi connectivity index (χ1v) is 9.13. The Morgan fingerprint density at radius 1 is 1.00 bits per heavy atom. The third-order valence-electron chi connectivity index (χ3n) is 3.91. The molecule has 0 atom stereocenters. The van der Waals surface area contributed by atoms with Gasteiger partial charge in [-0.15, -0.1) is 0 Å². The monoisotopic (exact) mass is 414 g/mol. The number of ether oxygens (including phenoxy) is 1. The van der Waals surface area contributed by atoms with Gasteiger partial charge in [0.15, 0.2) is 12.4 Å². The lowest BCUT2D eigenvalue weighted by Crippen LogP contribution is -2.21. The molecule has 28 heavy (non-hydrogen) atoms. The number of halogens is 2. The zero-order valence-corrected chi connectivity index (χ0v) is 16.4. The Balaban J connectivity index is 1.57. The molecule has 0 unspecified atom stereocenters. The van der Waals surface area contributed by atoms with E-state index >= 15 is 0 Å². The van der Waals surface area contributed by atoms with Crippen LogP contribution >= 0.6 is 23.2 Å². The summed E-state index contributed by atoms with van der Waals surface area (Å²) in [6, 6.07) is 16.5. The number of hydrogen-bond acceptors (Lipinski definition) is 4. The van der Waals surface area contributed by atoms with E-state index in [-0.39, 0.29) is 10.8 Å². The third kappa shape index (κ3) is 5.09. The predicted molar refractivity (Wildman–Crippen MR) is 110 cm³/mol.